The summed E-state index contributed by atoms with van der Waals surface area (Å²) in [7, 11) is 0. The van der Waals surface area contributed by atoms with Crippen LogP contribution < -0.4 is 5.32 Å². The maximum Gasteiger partial charge on any atom is 0.251 e. The number of benzene rings is 2. The molecule has 0 aliphatic rings. The predicted molar refractivity (Wildman–Crippen MR) is 135 cm³/mol. The first-order valence-electron chi connectivity index (χ1n) is 11.0. The van der Waals surface area contributed by atoms with E-state index < -0.39 is 0 Å². The molecule has 0 radical (unpaired) electrons. The van der Waals surface area contributed by atoms with Crippen molar-refractivity contribution < 1.29 is 4.79 Å². The lowest BCUT2D eigenvalue weighted by Gasteiger charge is -2.07. The molecular weight excluding hydrogens is 444 g/mol. The Morgan fingerprint density at radius 3 is 2.35 bits per heavy atom. The normalized spacial score (nSPS) is 11.2. The molecule has 0 aliphatic carbocycles. The fourth-order valence-corrected chi connectivity index (χ4v) is 4.96. The maximum absolute atomic E-state index is 12.8. The highest BCUT2D eigenvalue weighted by atomic mass is 32.1. The van der Waals surface area contributed by atoms with Crippen molar-refractivity contribution in [2.75, 3.05) is 5.32 Å². The van der Waals surface area contributed by atoms with Crippen LogP contribution in [-0.2, 0) is 11.2 Å². The summed E-state index contributed by atoms with van der Waals surface area (Å²) in [4.78, 5) is 26.5. The van der Waals surface area contributed by atoms with E-state index in [0.717, 1.165) is 54.8 Å². The molecule has 8 heteroatoms. The van der Waals surface area contributed by atoms with Gasteiger partial charge in [0.2, 0.25) is 5.91 Å². The average molecular weight is 469 g/mol. The molecule has 7 nitrogen and oxygen atoms in total. The van der Waals surface area contributed by atoms with Crippen molar-refractivity contribution >= 4 is 33.1 Å². The number of hydrogen-bond acceptors (Lipinski definition) is 6. The number of thiazole rings is 1. The summed E-state index contributed by atoms with van der Waals surface area (Å²) in [5, 5.41) is 8.55. The minimum absolute atomic E-state index is 0.0974. The minimum Gasteiger partial charge on any atom is -0.326 e. The van der Waals surface area contributed by atoms with Crippen molar-refractivity contribution in [2.45, 2.75) is 34.1 Å². The first-order valence-corrected chi connectivity index (χ1v) is 11.8. The third kappa shape index (κ3) is 4.32. The predicted octanol–water partition coefficient (Wildman–Crippen LogP) is 5.35. The van der Waals surface area contributed by atoms with Crippen molar-refractivity contribution in [2.24, 2.45) is 0 Å². The maximum atomic E-state index is 12.8. The van der Waals surface area contributed by atoms with Gasteiger partial charge in [0.25, 0.3) is 5.95 Å². The molecule has 0 bridgehead atoms. The topological polar surface area (TPSA) is 85.6 Å². The summed E-state index contributed by atoms with van der Waals surface area (Å²) in [6.45, 7) is 7.71. The van der Waals surface area contributed by atoms with Crippen LogP contribution in [0.3, 0.4) is 0 Å². The van der Waals surface area contributed by atoms with Crippen molar-refractivity contribution in [3.8, 4) is 16.5 Å². The van der Waals surface area contributed by atoms with Crippen molar-refractivity contribution in [1.29, 1.82) is 0 Å². The van der Waals surface area contributed by atoms with E-state index in [0.29, 0.717) is 5.95 Å². The lowest BCUT2D eigenvalue weighted by Crippen LogP contribution is -2.15. The largest absolute Gasteiger partial charge is 0.326 e. The first kappa shape index (κ1) is 21.9. The molecule has 34 heavy (non-hydrogen) atoms. The molecule has 3 heterocycles. The van der Waals surface area contributed by atoms with Gasteiger partial charge in [0.1, 0.15) is 5.01 Å². The van der Waals surface area contributed by atoms with Gasteiger partial charge in [-0.25, -0.2) is 19.6 Å². The van der Waals surface area contributed by atoms with Gasteiger partial charge in [-0.2, -0.15) is 5.10 Å². The smallest absolute Gasteiger partial charge is 0.251 e. The quantitative estimate of drug-likeness (QED) is 0.376. The number of nitrogens with zero attached hydrogens (tertiary/aromatic N) is 5. The summed E-state index contributed by atoms with van der Waals surface area (Å²) in [5.41, 5.74) is 7.07. The monoisotopic (exact) mass is 468 g/mol. The van der Waals surface area contributed by atoms with Gasteiger partial charge in [0, 0.05) is 33.9 Å². The van der Waals surface area contributed by atoms with Gasteiger partial charge in [0.05, 0.1) is 22.3 Å². The van der Waals surface area contributed by atoms with Gasteiger partial charge in [-0.1, -0.05) is 12.1 Å². The number of fused-ring (bicyclic) bond motifs is 1. The average Bonchev–Trinajstić information content (AvgIpc) is 3.35. The molecule has 0 saturated carbocycles. The first-order chi connectivity index (χ1) is 16.4. The number of anilines is 1. The van der Waals surface area contributed by atoms with Crippen molar-refractivity contribution in [3.63, 3.8) is 0 Å². The summed E-state index contributed by atoms with van der Waals surface area (Å²) < 4.78 is 2.87. The highest BCUT2D eigenvalue weighted by Gasteiger charge is 2.18. The zero-order chi connectivity index (χ0) is 23.8. The Balaban J connectivity index is 1.31. The number of carbonyl (C=O) groups excluding carboxylic acids is 1. The standard InChI is InChI=1S/C26H24N6OS/c1-15-13-16(2)28-26(27-15)32-18(4)21(17(3)31-32)14-24(33)29-20-11-9-19(10-12-20)25-30-22-7-5-6-8-23(22)34-25/h5-13H,14H2,1-4H3,(H,29,33). The van der Waals surface area contributed by atoms with E-state index in [1.165, 1.54) is 0 Å². The van der Waals surface area contributed by atoms with Crippen LogP contribution in [0, 0.1) is 27.7 Å². The molecule has 5 aromatic rings. The van der Waals surface area contributed by atoms with E-state index in [4.69, 9.17) is 4.98 Å². The molecule has 5 rings (SSSR count). The highest BCUT2D eigenvalue weighted by molar-refractivity contribution is 7.21. The third-order valence-electron chi connectivity index (χ3n) is 5.65. The van der Waals surface area contributed by atoms with Crippen LogP contribution in [-0.4, -0.2) is 30.6 Å². The Morgan fingerprint density at radius 1 is 0.941 bits per heavy atom. The number of rotatable bonds is 5. The van der Waals surface area contributed by atoms with Crippen LogP contribution in [0.25, 0.3) is 26.7 Å². The number of hydrogen-bond donors (Lipinski definition) is 1. The van der Waals surface area contributed by atoms with Gasteiger partial charge in [-0.05, 0) is 70.2 Å². The molecule has 170 valence electrons. The number of carbonyl (C=O) groups is 1. The second kappa shape index (κ2) is 8.79. The van der Waals surface area contributed by atoms with Crippen LogP contribution in [0.4, 0.5) is 5.69 Å². The summed E-state index contributed by atoms with van der Waals surface area (Å²) in [6, 6.07) is 17.8. The third-order valence-corrected chi connectivity index (χ3v) is 6.73. The SMILES string of the molecule is Cc1cc(C)nc(-n2nc(C)c(CC(=O)Nc3ccc(-c4nc5ccccc5s4)cc3)c2C)n1. The Labute approximate surface area is 201 Å². The molecule has 0 unspecified atom stereocenters. The molecule has 0 fully saturated rings. The Bertz CT molecular complexity index is 1460. The number of amides is 1. The lowest BCUT2D eigenvalue weighted by atomic mass is 10.1. The zero-order valence-corrected chi connectivity index (χ0v) is 20.3. The number of aryl methyl sites for hydroxylation is 3. The summed E-state index contributed by atoms with van der Waals surface area (Å²) in [5.74, 6) is 0.426. The Hall–Kier alpha value is -3.91. The molecule has 1 amide bonds. The second-order valence-corrected chi connectivity index (χ2v) is 9.33. The fraction of sp³-hybridized carbons (Fsp3) is 0.192. The highest BCUT2D eigenvalue weighted by Crippen LogP contribution is 2.30. The van der Waals surface area contributed by atoms with Gasteiger partial charge in [-0.3, -0.25) is 4.79 Å². The molecule has 0 saturated heterocycles. The van der Waals surface area contributed by atoms with Crippen LogP contribution in [0.15, 0.2) is 54.6 Å². The molecular formula is C26H24N6OS. The van der Waals surface area contributed by atoms with Crippen molar-refractivity contribution in [1.82, 2.24) is 24.7 Å². The van der Waals surface area contributed by atoms with E-state index in [9.17, 15) is 4.79 Å². The van der Waals surface area contributed by atoms with Crippen molar-refractivity contribution in [3.05, 3.63) is 82.9 Å². The Kier molecular flexibility index (Phi) is 5.67. The van der Waals surface area contributed by atoms with Crippen LogP contribution in [0.5, 0.6) is 0 Å². The lowest BCUT2D eigenvalue weighted by molar-refractivity contribution is -0.115. The number of nitrogens with one attached hydrogen (secondary N) is 1. The van der Waals surface area contributed by atoms with E-state index >= 15 is 0 Å². The van der Waals surface area contributed by atoms with E-state index in [2.05, 4.69) is 26.4 Å². The fourth-order valence-electron chi connectivity index (χ4n) is 3.99. The minimum atomic E-state index is -0.0974. The molecule has 0 atom stereocenters. The second-order valence-electron chi connectivity index (χ2n) is 8.30. The summed E-state index contributed by atoms with van der Waals surface area (Å²) >= 11 is 1.66. The van der Waals surface area contributed by atoms with E-state index in [-0.39, 0.29) is 12.3 Å². The molecule has 0 spiro atoms. The molecule has 1 N–H and O–H groups in total. The number of aromatic nitrogens is 5. The van der Waals surface area contributed by atoms with Crippen LogP contribution >= 0.6 is 11.3 Å². The Morgan fingerprint density at radius 2 is 1.65 bits per heavy atom. The van der Waals surface area contributed by atoms with Crippen LogP contribution in [0.1, 0.15) is 28.3 Å². The van der Waals surface area contributed by atoms with Crippen LogP contribution in [0.2, 0.25) is 0 Å². The van der Waals surface area contributed by atoms with Gasteiger partial charge >= 0.3 is 0 Å². The van der Waals surface area contributed by atoms with Gasteiger partial charge < -0.3 is 5.32 Å². The molecule has 0 aliphatic heterocycles. The molecule has 2 aromatic carbocycles. The number of para-hydroxylation sites is 1. The van der Waals surface area contributed by atoms with Gasteiger partial charge in [-0.15, -0.1) is 11.3 Å². The summed E-state index contributed by atoms with van der Waals surface area (Å²) in [6.07, 6.45) is 0.224. The van der Waals surface area contributed by atoms with E-state index in [1.807, 2.05) is 76.2 Å². The molecule has 3 aromatic heterocycles. The van der Waals surface area contributed by atoms with E-state index in [1.54, 1.807) is 16.0 Å². The zero-order valence-electron chi connectivity index (χ0n) is 19.5. The van der Waals surface area contributed by atoms with Gasteiger partial charge in [0.15, 0.2) is 0 Å².